The number of benzene rings is 2. The molecule has 1 amide bonds. The van der Waals surface area contributed by atoms with Gasteiger partial charge in [0.05, 0.1) is 21.3 Å². The quantitative estimate of drug-likeness (QED) is 0.703. The number of hydrogen-bond donors (Lipinski definition) is 1. The van der Waals surface area contributed by atoms with E-state index in [0.717, 1.165) is 16.7 Å². The third-order valence-electron chi connectivity index (χ3n) is 4.06. The van der Waals surface area contributed by atoms with Crippen molar-refractivity contribution in [2.24, 2.45) is 0 Å². The van der Waals surface area contributed by atoms with Gasteiger partial charge in [-0.1, -0.05) is 18.2 Å². The van der Waals surface area contributed by atoms with Gasteiger partial charge < -0.3 is 23.9 Å². The summed E-state index contributed by atoms with van der Waals surface area (Å²) in [4.78, 5) is 12.4. The standard InChI is InChI=1S/C20H21NO5/c1-23-17-11-14(12-18(24-2)19(17)25-3)20(22)21-9-8-15-10-13-6-4-5-7-16(13)26-15/h4-7,10-12H,8-9H2,1-3H3,(H,21,22). The Morgan fingerprint density at radius 1 is 1.00 bits per heavy atom. The number of carbonyl (C=O) groups is 1. The Labute approximate surface area is 151 Å². The van der Waals surface area contributed by atoms with E-state index < -0.39 is 0 Å². The van der Waals surface area contributed by atoms with Crippen molar-refractivity contribution in [2.75, 3.05) is 27.9 Å². The number of fused-ring (bicyclic) bond motifs is 1. The minimum absolute atomic E-state index is 0.222. The van der Waals surface area contributed by atoms with Crippen molar-refractivity contribution in [1.82, 2.24) is 5.32 Å². The van der Waals surface area contributed by atoms with Gasteiger partial charge in [0.15, 0.2) is 11.5 Å². The first-order chi connectivity index (χ1) is 12.7. The highest BCUT2D eigenvalue weighted by Gasteiger charge is 2.17. The molecule has 1 aromatic heterocycles. The van der Waals surface area contributed by atoms with E-state index in [0.29, 0.717) is 35.8 Å². The van der Waals surface area contributed by atoms with Crippen LogP contribution >= 0.6 is 0 Å². The second-order valence-corrected chi connectivity index (χ2v) is 5.67. The summed E-state index contributed by atoms with van der Waals surface area (Å²) in [5, 5.41) is 3.94. The van der Waals surface area contributed by atoms with Gasteiger partial charge >= 0.3 is 0 Å². The Morgan fingerprint density at radius 3 is 2.31 bits per heavy atom. The Morgan fingerprint density at radius 2 is 1.69 bits per heavy atom. The SMILES string of the molecule is COc1cc(C(=O)NCCc2cc3ccccc3o2)cc(OC)c1OC. The summed E-state index contributed by atoms with van der Waals surface area (Å²) in [6, 6.07) is 13.1. The number of ether oxygens (including phenoxy) is 3. The maximum Gasteiger partial charge on any atom is 0.251 e. The monoisotopic (exact) mass is 355 g/mol. The third-order valence-corrected chi connectivity index (χ3v) is 4.06. The molecule has 1 heterocycles. The number of methoxy groups -OCH3 is 3. The molecule has 2 aromatic carbocycles. The van der Waals surface area contributed by atoms with Gasteiger partial charge in [-0.15, -0.1) is 0 Å². The predicted molar refractivity (Wildman–Crippen MR) is 98.3 cm³/mol. The van der Waals surface area contributed by atoms with Crippen LogP contribution in [0.1, 0.15) is 16.1 Å². The van der Waals surface area contributed by atoms with Crippen LogP contribution in [0.25, 0.3) is 11.0 Å². The highest BCUT2D eigenvalue weighted by atomic mass is 16.5. The van der Waals surface area contributed by atoms with Crippen LogP contribution in [0.3, 0.4) is 0 Å². The van der Waals surface area contributed by atoms with Gasteiger partial charge in [0, 0.05) is 23.9 Å². The molecule has 0 aliphatic rings. The molecule has 0 saturated heterocycles. The van der Waals surface area contributed by atoms with Crippen LogP contribution in [0.15, 0.2) is 46.9 Å². The van der Waals surface area contributed by atoms with E-state index in [-0.39, 0.29) is 5.91 Å². The summed E-state index contributed by atoms with van der Waals surface area (Å²) in [5.74, 6) is 1.94. The van der Waals surface area contributed by atoms with Gasteiger partial charge in [0.1, 0.15) is 11.3 Å². The van der Waals surface area contributed by atoms with Crippen LogP contribution in [-0.2, 0) is 6.42 Å². The summed E-state index contributed by atoms with van der Waals surface area (Å²) < 4.78 is 21.6. The van der Waals surface area contributed by atoms with E-state index in [4.69, 9.17) is 18.6 Å². The molecular formula is C20H21NO5. The number of furan rings is 1. The maximum absolute atomic E-state index is 12.4. The lowest BCUT2D eigenvalue weighted by atomic mass is 10.1. The molecule has 0 radical (unpaired) electrons. The van der Waals surface area contributed by atoms with Crippen LogP contribution in [0, 0.1) is 0 Å². The molecule has 0 saturated carbocycles. The van der Waals surface area contributed by atoms with Gasteiger partial charge in [0.25, 0.3) is 5.91 Å². The van der Waals surface area contributed by atoms with E-state index in [1.807, 2.05) is 30.3 Å². The molecule has 0 bridgehead atoms. The summed E-state index contributed by atoms with van der Waals surface area (Å²) in [5.41, 5.74) is 1.28. The number of carbonyl (C=O) groups excluding carboxylic acids is 1. The molecule has 6 heteroatoms. The second-order valence-electron chi connectivity index (χ2n) is 5.67. The number of nitrogens with one attached hydrogen (secondary N) is 1. The fourth-order valence-corrected chi connectivity index (χ4v) is 2.77. The van der Waals surface area contributed by atoms with Crippen LogP contribution < -0.4 is 19.5 Å². The van der Waals surface area contributed by atoms with E-state index in [1.165, 1.54) is 21.3 Å². The van der Waals surface area contributed by atoms with E-state index in [9.17, 15) is 4.79 Å². The van der Waals surface area contributed by atoms with Crippen molar-refractivity contribution in [1.29, 1.82) is 0 Å². The first-order valence-electron chi connectivity index (χ1n) is 8.22. The van der Waals surface area contributed by atoms with Gasteiger partial charge in [-0.3, -0.25) is 4.79 Å². The summed E-state index contributed by atoms with van der Waals surface area (Å²) >= 11 is 0. The molecule has 6 nitrogen and oxygen atoms in total. The van der Waals surface area contributed by atoms with Crippen LogP contribution in [-0.4, -0.2) is 33.8 Å². The molecule has 0 unspecified atom stereocenters. The molecule has 3 rings (SSSR count). The van der Waals surface area contributed by atoms with Crippen molar-refractivity contribution < 1.29 is 23.4 Å². The van der Waals surface area contributed by atoms with Crippen LogP contribution in [0.5, 0.6) is 17.2 Å². The van der Waals surface area contributed by atoms with Crippen LogP contribution in [0.4, 0.5) is 0 Å². The lowest BCUT2D eigenvalue weighted by Gasteiger charge is -2.14. The lowest BCUT2D eigenvalue weighted by molar-refractivity contribution is 0.0953. The molecule has 0 aliphatic heterocycles. The van der Waals surface area contributed by atoms with Crippen molar-refractivity contribution in [2.45, 2.75) is 6.42 Å². The van der Waals surface area contributed by atoms with Gasteiger partial charge in [-0.05, 0) is 24.3 Å². The molecule has 26 heavy (non-hydrogen) atoms. The molecule has 0 spiro atoms. The Bertz CT molecular complexity index is 857. The highest BCUT2D eigenvalue weighted by Crippen LogP contribution is 2.38. The fraction of sp³-hybridized carbons (Fsp3) is 0.250. The van der Waals surface area contributed by atoms with Crippen LogP contribution in [0.2, 0.25) is 0 Å². The number of rotatable bonds is 7. The van der Waals surface area contributed by atoms with Gasteiger partial charge in [-0.2, -0.15) is 0 Å². The van der Waals surface area contributed by atoms with E-state index in [2.05, 4.69) is 5.32 Å². The minimum Gasteiger partial charge on any atom is -0.493 e. The predicted octanol–water partition coefficient (Wildman–Crippen LogP) is 3.43. The number of amides is 1. The zero-order valence-electron chi connectivity index (χ0n) is 15.0. The lowest BCUT2D eigenvalue weighted by Crippen LogP contribution is -2.25. The zero-order valence-corrected chi connectivity index (χ0v) is 15.0. The van der Waals surface area contributed by atoms with Crippen molar-refractivity contribution in [3.05, 3.63) is 53.8 Å². The van der Waals surface area contributed by atoms with Crippen molar-refractivity contribution in [3.8, 4) is 17.2 Å². The molecular weight excluding hydrogens is 334 g/mol. The van der Waals surface area contributed by atoms with Crippen molar-refractivity contribution in [3.63, 3.8) is 0 Å². The molecule has 0 fully saturated rings. The third kappa shape index (κ3) is 3.59. The molecule has 0 aliphatic carbocycles. The topological polar surface area (TPSA) is 69.9 Å². The number of hydrogen-bond acceptors (Lipinski definition) is 5. The number of para-hydroxylation sites is 1. The first kappa shape index (κ1) is 17.7. The fourth-order valence-electron chi connectivity index (χ4n) is 2.77. The van der Waals surface area contributed by atoms with E-state index >= 15 is 0 Å². The molecule has 1 N–H and O–H groups in total. The van der Waals surface area contributed by atoms with Gasteiger partial charge in [-0.25, -0.2) is 0 Å². The van der Waals surface area contributed by atoms with Crippen molar-refractivity contribution >= 4 is 16.9 Å². The average molecular weight is 355 g/mol. The molecule has 0 atom stereocenters. The van der Waals surface area contributed by atoms with Gasteiger partial charge in [0.2, 0.25) is 5.75 Å². The molecule has 136 valence electrons. The maximum atomic E-state index is 12.4. The Balaban J connectivity index is 1.67. The Kier molecular flexibility index (Phi) is 5.31. The minimum atomic E-state index is -0.222. The highest BCUT2D eigenvalue weighted by molar-refractivity contribution is 5.95. The summed E-state index contributed by atoms with van der Waals surface area (Å²) in [7, 11) is 4.55. The second kappa shape index (κ2) is 7.82. The summed E-state index contributed by atoms with van der Waals surface area (Å²) in [6.45, 7) is 0.454. The largest absolute Gasteiger partial charge is 0.493 e. The zero-order chi connectivity index (χ0) is 18.5. The smallest absolute Gasteiger partial charge is 0.251 e. The first-order valence-corrected chi connectivity index (χ1v) is 8.22. The summed E-state index contributed by atoms with van der Waals surface area (Å²) in [6.07, 6.45) is 0.602. The average Bonchev–Trinajstić information content (AvgIpc) is 3.09. The Hall–Kier alpha value is -3.15. The van der Waals surface area contributed by atoms with E-state index in [1.54, 1.807) is 12.1 Å². The molecule has 3 aromatic rings. The normalized spacial score (nSPS) is 10.6.